The predicted molar refractivity (Wildman–Crippen MR) is 143 cm³/mol. The summed E-state index contributed by atoms with van der Waals surface area (Å²) in [6, 6.07) is 13.8. The highest BCUT2D eigenvalue weighted by Gasteiger charge is 2.29. The lowest BCUT2D eigenvalue weighted by atomic mass is 10.0. The maximum Gasteiger partial charge on any atom is 0.328 e. The molecule has 2 aromatic heterocycles. The number of H-pyrrole nitrogens is 1. The first kappa shape index (κ1) is 25.3. The summed E-state index contributed by atoms with van der Waals surface area (Å²) in [6.07, 6.45) is 6.59. The summed E-state index contributed by atoms with van der Waals surface area (Å²) in [5, 5.41) is 4.07. The second kappa shape index (κ2) is 10.9. The zero-order valence-corrected chi connectivity index (χ0v) is 21.2. The van der Waals surface area contributed by atoms with Gasteiger partial charge in [-0.3, -0.25) is 14.4 Å². The fraction of sp³-hybridized carbons (Fsp3) is 0.310. The molecule has 4 aromatic rings. The fourth-order valence-corrected chi connectivity index (χ4v) is 5.15. The summed E-state index contributed by atoms with van der Waals surface area (Å²) in [4.78, 5) is 56.9. The van der Waals surface area contributed by atoms with Crippen LogP contribution in [0.1, 0.15) is 35.2 Å². The van der Waals surface area contributed by atoms with Crippen molar-refractivity contribution in [3.8, 4) is 0 Å². The quantitative estimate of drug-likeness (QED) is 0.213. The van der Waals surface area contributed by atoms with Crippen molar-refractivity contribution in [3.63, 3.8) is 0 Å². The number of carbonyl (C=O) groups is 4. The number of hydrogen-bond donors (Lipinski definition) is 2. The Balaban J connectivity index is 1.37. The lowest BCUT2D eigenvalue weighted by Gasteiger charge is -2.27. The molecule has 0 radical (unpaired) electrons. The van der Waals surface area contributed by atoms with E-state index in [-0.39, 0.29) is 24.4 Å². The molecule has 196 valence electrons. The summed E-state index contributed by atoms with van der Waals surface area (Å²) in [5.74, 6) is -2.35. The number of ether oxygens (including phenoxy) is 1. The Bertz CT molecular complexity index is 1510. The third kappa shape index (κ3) is 5.04. The second-order valence-electron chi connectivity index (χ2n) is 9.57. The molecule has 1 fully saturated rings. The number of methoxy groups -OCH3 is 1. The van der Waals surface area contributed by atoms with E-state index in [9.17, 15) is 19.2 Å². The van der Waals surface area contributed by atoms with Gasteiger partial charge < -0.3 is 24.5 Å². The van der Waals surface area contributed by atoms with E-state index in [1.165, 1.54) is 7.11 Å². The van der Waals surface area contributed by atoms with Gasteiger partial charge in [0.05, 0.1) is 12.7 Å². The van der Waals surface area contributed by atoms with E-state index in [2.05, 4.69) is 10.3 Å². The molecule has 0 saturated carbocycles. The van der Waals surface area contributed by atoms with E-state index in [0.717, 1.165) is 48.8 Å². The van der Waals surface area contributed by atoms with Gasteiger partial charge in [0, 0.05) is 53.7 Å². The van der Waals surface area contributed by atoms with Gasteiger partial charge in [0.1, 0.15) is 12.6 Å². The predicted octanol–water partition coefficient (Wildman–Crippen LogP) is 3.22. The molecule has 0 bridgehead atoms. The molecule has 1 aliphatic rings. The maximum absolute atomic E-state index is 13.3. The average molecular weight is 515 g/mol. The van der Waals surface area contributed by atoms with E-state index in [4.69, 9.17) is 4.74 Å². The molecule has 1 unspecified atom stereocenters. The second-order valence-corrected chi connectivity index (χ2v) is 9.57. The zero-order valence-electron chi connectivity index (χ0n) is 21.2. The Kier molecular flexibility index (Phi) is 7.26. The molecule has 1 aliphatic heterocycles. The van der Waals surface area contributed by atoms with E-state index in [1.807, 2.05) is 41.3 Å². The number of ketones is 1. The fourth-order valence-electron chi connectivity index (χ4n) is 5.15. The van der Waals surface area contributed by atoms with Crippen LogP contribution in [0, 0.1) is 0 Å². The van der Waals surface area contributed by atoms with Crippen LogP contribution >= 0.6 is 0 Å². The average Bonchev–Trinajstić information content (AvgIpc) is 3.53. The molecular weight excluding hydrogens is 484 g/mol. The summed E-state index contributed by atoms with van der Waals surface area (Å²) in [7, 11) is 1.24. The minimum atomic E-state index is -1.05. The number of hydrogen-bond acceptors (Lipinski definition) is 5. The standard InChI is InChI=1S/C29H30N4O5/c1-38-29(37)24(15-19-16-30-23-11-5-3-9-20(19)23)31-28(36)27(35)22-17-33(25-12-6-4-10-21(22)25)18-26(34)32-13-7-2-8-14-32/h3-6,9-12,16-17,24,30H,2,7-8,13-15,18H2,1H3,(H,31,36). The minimum Gasteiger partial charge on any atom is -0.467 e. The van der Waals surface area contributed by atoms with Gasteiger partial charge in [-0.05, 0) is 37.0 Å². The summed E-state index contributed by atoms with van der Waals surface area (Å²) in [5.41, 5.74) is 2.59. The van der Waals surface area contributed by atoms with Gasteiger partial charge in [-0.25, -0.2) is 4.79 Å². The van der Waals surface area contributed by atoms with E-state index in [0.29, 0.717) is 10.9 Å². The number of Topliss-reactive ketones (excluding diaryl/α,β-unsaturated/α-hetero) is 1. The maximum atomic E-state index is 13.3. The summed E-state index contributed by atoms with van der Waals surface area (Å²) >= 11 is 0. The monoisotopic (exact) mass is 514 g/mol. The molecule has 2 N–H and O–H groups in total. The lowest BCUT2D eigenvalue weighted by Crippen LogP contribution is -2.45. The normalized spacial score (nSPS) is 14.4. The Labute approximate surface area is 219 Å². The van der Waals surface area contributed by atoms with Crippen LogP contribution < -0.4 is 5.32 Å². The van der Waals surface area contributed by atoms with E-state index >= 15 is 0 Å². The Morgan fingerprint density at radius 2 is 1.68 bits per heavy atom. The van der Waals surface area contributed by atoms with Crippen molar-refractivity contribution < 1.29 is 23.9 Å². The molecule has 9 heteroatoms. The minimum absolute atomic E-state index is 0.0154. The van der Waals surface area contributed by atoms with Crippen molar-refractivity contribution in [2.75, 3.05) is 20.2 Å². The molecule has 5 rings (SSSR count). The number of amides is 2. The van der Waals surface area contributed by atoms with Crippen molar-refractivity contribution >= 4 is 45.4 Å². The lowest BCUT2D eigenvalue weighted by molar-refractivity contribution is -0.144. The zero-order chi connectivity index (χ0) is 26.6. The molecule has 1 atom stereocenters. The number of likely N-dealkylation sites (tertiary alicyclic amines) is 1. The molecule has 3 heterocycles. The van der Waals surface area contributed by atoms with Crippen LogP contribution in [0.2, 0.25) is 0 Å². The van der Waals surface area contributed by atoms with Crippen molar-refractivity contribution in [1.82, 2.24) is 19.8 Å². The number of para-hydroxylation sites is 2. The van der Waals surface area contributed by atoms with Crippen LogP contribution in [0.4, 0.5) is 0 Å². The number of benzene rings is 2. The van der Waals surface area contributed by atoms with Crippen LogP contribution in [0.3, 0.4) is 0 Å². The number of nitrogens with zero attached hydrogens (tertiary/aromatic N) is 2. The van der Waals surface area contributed by atoms with Crippen LogP contribution in [-0.4, -0.2) is 64.3 Å². The first-order chi connectivity index (χ1) is 18.5. The Morgan fingerprint density at radius 1 is 0.974 bits per heavy atom. The largest absolute Gasteiger partial charge is 0.467 e. The topological polar surface area (TPSA) is 113 Å². The van der Waals surface area contributed by atoms with Crippen LogP contribution in [0.25, 0.3) is 21.8 Å². The Hall–Kier alpha value is -4.40. The Morgan fingerprint density at radius 3 is 2.45 bits per heavy atom. The first-order valence-electron chi connectivity index (χ1n) is 12.8. The highest BCUT2D eigenvalue weighted by Crippen LogP contribution is 2.23. The highest BCUT2D eigenvalue weighted by molar-refractivity contribution is 6.45. The molecule has 0 aliphatic carbocycles. The van der Waals surface area contributed by atoms with Crippen LogP contribution in [0.5, 0.6) is 0 Å². The van der Waals surface area contributed by atoms with Crippen molar-refractivity contribution in [1.29, 1.82) is 0 Å². The van der Waals surface area contributed by atoms with Crippen molar-refractivity contribution in [3.05, 3.63) is 72.1 Å². The molecule has 38 heavy (non-hydrogen) atoms. The molecule has 1 saturated heterocycles. The molecule has 2 aromatic carbocycles. The third-order valence-electron chi connectivity index (χ3n) is 7.14. The number of carbonyl (C=O) groups excluding carboxylic acids is 4. The number of nitrogens with one attached hydrogen (secondary N) is 2. The van der Waals surface area contributed by atoms with Gasteiger partial charge in [-0.2, -0.15) is 0 Å². The van der Waals surface area contributed by atoms with Crippen LogP contribution in [-0.2, 0) is 32.1 Å². The number of piperidine rings is 1. The summed E-state index contributed by atoms with van der Waals surface area (Å²) in [6.45, 7) is 1.55. The van der Waals surface area contributed by atoms with Crippen LogP contribution in [0.15, 0.2) is 60.9 Å². The third-order valence-corrected chi connectivity index (χ3v) is 7.14. The van der Waals surface area contributed by atoms with Gasteiger partial charge >= 0.3 is 5.97 Å². The molecule has 2 amide bonds. The summed E-state index contributed by atoms with van der Waals surface area (Å²) < 4.78 is 6.63. The van der Waals surface area contributed by atoms with Gasteiger partial charge in [0.25, 0.3) is 11.7 Å². The van der Waals surface area contributed by atoms with Crippen molar-refractivity contribution in [2.24, 2.45) is 0 Å². The van der Waals surface area contributed by atoms with Gasteiger partial charge in [-0.1, -0.05) is 36.4 Å². The number of fused-ring (bicyclic) bond motifs is 2. The SMILES string of the molecule is COC(=O)C(Cc1c[nH]c2ccccc12)NC(=O)C(=O)c1cn(CC(=O)N2CCCCC2)c2ccccc12. The van der Waals surface area contributed by atoms with Crippen molar-refractivity contribution in [2.45, 2.75) is 38.3 Å². The number of aromatic nitrogens is 2. The first-order valence-corrected chi connectivity index (χ1v) is 12.8. The van der Waals surface area contributed by atoms with Gasteiger partial charge in [0.2, 0.25) is 5.91 Å². The highest BCUT2D eigenvalue weighted by atomic mass is 16.5. The smallest absolute Gasteiger partial charge is 0.328 e. The van der Waals surface area contributed by atoms with Gasteiger partial charge in [0.15, 0.2) is 0 Å². The number of rotatable bonds is 8. The molecular formula is C29H30N4O5. The van der Waals surface area contributed by atoms with Gasteiger partial charge in [-0.15, -0.1) is 0 Å². The molecule has 0 spiro atoms. The number of aromatic amines is 1. The molecule has 9 nitrogen and oxygen atoms in total. The van der Waals surface area contributed by atoms with E-state index < -0.39 is 23.7 Å². The van der Waals surface area contributed by atoms with E-state index in [1.54, 1.807) is 29.1 Å². The number of esters is 1.